The maximum atomic E-state index is 13.4. The molecule has 1 aromatic carbocycles. The number of aryl methyl sites for hydroxylation is 1. The molecule has 1 unspecified atom stereocenters. The van der Waals surface area contributed by atoms with Crippen molar-refractivity contribution in [2.45, 2.75) is 32.2 Å². The zero-order valence-corrected chi connectivity index (χ0v) is 17.1. The molecule has 30 heavy (non-hydrogen) atoms. The minimum absolute atomic E-state index is 0.0158. The first kappa shape index (κ1) is 23.4. The lowest BCUT2D eigenvalue weighted by molar-refractivity contribution is -0.189. The summed E-state index contributed by atoms with van der Waals surface area (Å²) in [7, 11) is 0. The summed E-state index contributed by atoms with van der Waals surface area (Å²) in [6, 6.07) is 3.05. The number of nitrogens with zero attached hydrogens (tertiary/aromatic N) is 1. The molecule has 1 heterocycles. The van der Waals surface area contributed by atoms with Gasteiger partial charge in [0.15, 0.2) is 11.9 Å². The van der Waals surface area contributed by atoms with E-state index in [-0.39, 0.29) is 17.9 Å². The number of benzene rings is 1. The Morgan fingerprint density at radius 3 is 2.63 bits per heavy atom. The number of rotatable bonds is 7. The second-order valence-electron chi connectivity index (χ2n) is 6.02. The Bertz CT molecular complexity index is 858. The quantitative estimate of drug-likeness (QED) is 0.238. The highest BCUT2D eigenvalue weighted by Crippen LogP contribution is 2.40. The van der Waals surface area contributed by atoms with Crippen molar-refractivity contribution in [1.29, 1.82) is 0 Å². The molecule has 1 aromatic rings. The van der Waals surface area contributed by atoms with Crippen LogP contribution in [0.1, 0.15) is 18.1 Å². The van der Waals surface area contributed by atoms with Crippen LogP contribution in [0.2, 0.25) is 0 Å². The highest BCUT2D eigenvalue weighted by Gasteiger charge is 2.49. The van der Waals surface area contributed by atoms with E-state index in [0.29, 0.717) is 10.0 Å². The van der Waals surface area contributed by atoms with Crippen LogP contribution in [0.5, 0.6) is 5.75 Å². The molecule has 0 saturated carbocycles. The molecule has 0 N–H and O–H groups in total. The first-order valence-corrected chi connectivity index (χ1v) is 9.02. The van der Waals surface area contributed by atoms with Gasteiger partial charge < -0.3 is 23.8 Å². The van der Waals surface area contributed by atoms with E-state index in [1.54, 1.807) is 13.0 Å². The number of fused-ring (bicyclic) bond motifs is 1. The Hall–Kier alpha value is -2.83. The summed E-state index contributed by atoms with van der Waals surface area (Å²) >= 11 is 3.22. The van der Waals surface area contributed by atoms with Crippen molar-refractivity contribution in [3.63, 3.8) is 0 Å². The number of halogens is 4. The zero-order chi connectivity index (χ0) is 22.5. The lowest BCUT2D eigenvalue weighted by atomic mass is 9.99. The maximum Gasteiger partial charge on any atom is 0.511 e. The Balaban J connectivity index is 2.07. The molecule has 0 saturated heterocycles. The fraction of sp³-hybridized carbons (Fsp3) is 0.412. The number of carbonyl (C=O) groups excluding carboxylic acids is 2. The number of esters is 1. The predicted molar refractivity (Wildman–Crippen MR) is 97.1 cm³/mol. The summed E-state index contributed by atoms with van der Waals surface area (Å²) in [4.78, 5) is 37.5. The minimum Gasteiger partial charge on any atom is -0.475 e. The second kappa shape index (κ2) is 9.78. The third kappa shape index (κ3) is 6.08. The van der Waals surface area contributed by atoms with Gasteiger partial charge in [-0.3, -0.25) is 0 Å². The van der Waals surface area contributed by atoms with Crippen LogP contribution >= 0.6 is 15.9 Å². The van der Waals surface area contributed by atoms with E-state index >= 15 is 0 Å². The van der Waals surface area contributed by atoms with Gasteiger partial charge in [0.2, 0.25) is 12.9 Å². The Morgan fingerprint density at radius 1 is 1.30 bits per heavy atom. The Labute approximate surface area is 176 Å². The summed E-state index contributed by atoms with van der Waals surface area (Å²) in [5.74, 6) is -1.41. The predicted octanol–water partition coefficient (Wildman–Crippen LogP) is 4.20. The highest BCUT2D eigenvalue weighted by molar-refractivity contribution is 9.10. The van der Waals surface area contributed by atoms with Crippen molar-refractivity contribution < 1.29 is 46.5 Å². The standard InChI is InChI=1S/C17H15BrF3NO8/c1-8-3-11(18)4-10-5-12(14(17(19,20)21)30-13(8)10)15(23)26-7-27-16(24)29-9(2)6-28-22-25/h3-5,9,14H,6-7H2,1-2H3/t9?,14-/m0/s1. The summed E-state index contributed by atoms with van der Waals surface area (Å²) in [6.07, 6.45) is -8.66. The van der Waals surface area contributed by atoms with Crippen LogP contribution in [0.3, 0.4) is 0 Å². The van der Waals surface area contributed by atoms with E-state index < -0.39 is 42.9 Å². The number of hydrogen-bond donors (Lipinski definition) is 0. The first-order valence-electron chi connectivity index (χ1n) is 8.23. The summed E-state index contributed by atoms with van der Waals surface area (Å²) in [6.45, 7) is 1.56. The molecule has 0 spiro atoms. The van der Waals surface area contributed by atoms with Crippen LogP contribution in [-0.4, -0.2) is 43.9 Å². The molecule has 2 atom stereocenters. The van der Waals surface area contributed by atoms with E-state index in [0.717, 1.165) is 6.08 Å². The summed E-state index contributed by atoms with van der Waals surface area (Å²) in [5.41, 5.74) is -0.137. The second-order valence-corrected chi connectivity index (χ2v) is 6.94. The third-order valence-corrected chi connectivity index (χ3v) is 4.11. The van der Waals surface area contributed by atoms with E-state index in [1.165, 1.54) is 13.0 Å². The summed E-state index contributed by atoms with van der Waals surface area (Å²) < 4.78 is 59.6. The van der Waals surface area contributed by atoms with Crippen molar-refractivity contribution in [1.82, 2.24) is 0 Å². The monoisotopic (exact) mass is 497 g/mol. The van der Waals surface area contributed by atoms with Gasteiger partial charge >= 0.3 is 18.3 Å². The largest absolute Gasteiger partial charge is 0.511 e. The van der Waals surface area contributed by atoms with Crippen molar-refractivity contribution >= 4 is 34.1 Å². The van der Waals surface area contributed by atoms with E-state index in [9.17, 15) is 27.7 Å². The number of hydrogen-bond acceptors (Lipinski definition) is 9. The molecule has 0 fully saturated rings. The molecule has 13 heteroatoms. The van der Waals surface area contributed by atoms with Crippen LogP contribution in [0, 0.1) is 11.8 Å². The Morgan fingerprint density at radius 2 is 2.00 bits per heavy atom. The zero-order valence-electron chi connectivity index (χ0n) is 15.5. The molecular weight excluding hydrogens is 483 g/mol. The fourth-order valence-corrected chi connectivity index (χ4v) is 3.03. The van der Waals surface area contributed by atoms with Gasteiger partial charge in [0.25, 0.3) is 0 Å². The SMILES string of the molecule is Cc1cc(Br)cc2c1O[C@H](C(F)(F)F)C(C(=O)OCOC(=O)OC(C)CON=O)=C2. The van der Waals surface area contributed by atoms with E-state index in [2.05, 4.69) is 40.3 Å². The molecule has 1 aliphatic heterocycles. The average Bonchev–Trinajstić information content (AvgIpc) is 2.64. The normalized spacial score (nSPS) is 16.3. The fourth-order valence-electron chi connectivity index (χ4n) is 2.44. The molecule has 164 valence electrons. The van der Waals surface area contributed by atoms with Crippen LogP contribution in [0.4, 0.5) is 18.0 Å². The van der Waals surface area contributed by atoms with Crippen LogP contribution in [-0.2, 0) is 23.8 Å². The highest BCUT2D eigenvalue weighted by atomic mass is 79.9. The van der Waals surface area contributed by atoms with Crippen LogP contribution in [0.25, 0.3) is 6.08 Å². The van der Waals surface area contributed by atoms with Crippen molar-refractivity contribution in [2.75, 3.05) is 13.4 Å². The van der Waals surface area contributed by atoms with Crippen molar-refractivity contribution in [3.8, 4) is 5.75 Å². The van der Waals surface area contributed by atoms with Gasteiger partial charge in [0.05, 0.1) is 5.57 Å². The van der Waals surface area contributed by atoms with Gasteiger partial charge in [0, 0.05) is 10.0 Å². The van der Waals surface area contributed by atoms with Gasteiger partial charge in [-0.05, 0) is 37.6 Å². The molecule has 0 aromatic heterocycles. The van der Waals surface area contributed by atoms with Gasteiger partial charge in [0.1, 0.15) is 11.9 Å². The third-order valence-electron chi connectivity index (χ3n) is 3.66. The Kier molecular flexibility index (Phi) is 7.65. The number of alkyl halides is 3. The van der Waals surface area contributed by atoms with Crippen LogP contribution < -0.4 is 4.74 Å². The lowest BCUT2D eigenvalue weighted by Crippen LogP contribution is -2.41. The molecular formula is C17H15BrF3NO8. The smallest absolute Gasteiger partial charge is 0.475 e. The summed E-state index contributed by atoms with van der Waals surface area (Å²) in [5, 5.41) is 2.11. The van der Waals surface area contributed by atoms with Gasteiger partial charge in [-0.15, -0.1) is 4.91 Å². The molecule has 0 bridgehead atoms. The number of carbonyl (C=O) groups is 2. The molecule has 0 aliphatic carbocycles. The minimum atomic E-state index is -4.90. The molecule has 0 radical (unpaired) electrons. The topological polar surface area (TPSA) is 110 Å². The van der Waals surface area contributed by atoms with Gasteiger partial charge in [-0.25, -0.2) is 9.59 Å². The first-order chi connectivity index (χ1) is 14.0. The lowest BCUT2D eigenvalue weighted by Gasteiger charge is -2.28. The average molecular weight is 498 g/mol. The molecule has 2 rings (SSSR count). The van der Waals surface area contributed by atoms with Gasteiger partial charge in [-0.2, -0.15) is 13.2 Å². The van der Waals surface area contributed by atoms with Gasteiger partial charge in [-0.1, -0.05) is 15.9 Å². The van der Waals surface area contributed by atoms with E-state index in [1.807, 2.05) is 0 Å². The molecule has 9 nitrogen and oxygen atoms in total. The molecule has 0 amide bonds. The maximum absolute atomic E-state index is 13.4. The number of ether oxygens (including phenoxy) is 4. The van der Waals surface area contributed by atoms with Crippen molar-refractivity contribution in [2.24, 2.45) is 5.34 Å². The van der Waals surface area contributed by atoms with Crippen molar-refractivity contribution in [3.05, 3.63) is 38.2 Å². The van der Waals surface area contributed by atoms with E-state index in [4.69, 9.17) is 4.74 Å². The van der Waals surface area contributed by atoms with Crippen LogP contribution in [0.15, 0.2) is 27.5 Å². The molecule has 1 aliphatic rings.